The van der Waals surface area contributed by atoms with Crippen molar-refractivity contribution in [2.24, 2.45) is 5.92 Å². The molecule has 0 saturated carbocycles. The third-order valence-corrected chi connectivity index (χ3v) is 4.57. The van der Waals surface area contributed by atoms with Gasteiger partial charge in [0.15, 0.2) is 10.8 Å². The maximum absolute atomic E-state index is 12.7. The molecule has 0 bridgehead atoms. The first-order valence-electron chi connectivity index (χ1n) is 8.20. The van der Waals surface area contributed by atoms with Crippen LogP contribution in [0.1, 0.15) is 34.1 Å². The molecule has 7 heteroatoms. The van der Waals surface area contributed by atoms with Crippen LogP contribution in [-0.4, -0.2) is 32.2 Å². The van der Waals surface area contributed by atoms with Gasteiger partial charge in [0.2, 0.25) is 5.91 Å². The number of fused-ring (bicyclic) bond motifs is 1. The van der Waals surface area contributed by atoms with Crippen molar-refractivity contribution in [2.45, 2.75) is 51.9 Å². The summed E-state index contributed by atoms with van der Waals surface area (Å²) in [7, 11) is 0. The predicted octanol–water partition coefficient (Wildman–Crippen LogP) is 2.45. The lowest BCUT2D eigenvalue weighted by molar-refractivity contribution is -0.119. The van der Waals surface area contributed by atoms with Gasteiger partial charge in [0.1, 0.15) is 0 Å². The van der Waals surface area contributed by atoms with Gasteiger partial charge < -0.3 is 5.32 Å². The van der Waals surface area contributed by atoms with E-state index >= 15 is 0 Å². The van der Waals surface area contributed by atoms with Gasteiger partial charge in [-0.1, -0.05) is 32.5 Å². The highest BCUT2D eigenvalue weighted by atomic mass is 32.2. The van der Waals surface area contributed by atoms with Gasteiger partial charge in [0, 0.05) is 18.8 Å². The average molecular weight is 348 g/mol. The fourth-order valence-corrected chi connectivity index (χ4v) is 3.03. The number of aromatic nitrogens is 3. The van der Waals surface area contributed by atoms with Gasteiger partial charge in [-0.25, -0.2) is 9.97 Å². The summed E-state index contributed by atoms with van der Waals surface area (Å²) in [5.41, 5.74) is 0.318. The number of rotatable bonds is 7. The van der Waals surface area contributed by atoms with Crippen LogP contribution in [0.15, 0.2) is 28.3 Å². The van der Waals surface area contributed by atoms with Gasteiger partial charge >= 0.3 is 0 Å². The molecule has 0 spiro atoms. The molecule has 0 fully saturated rings. The van der Waals surface area contributed by atoms with Crippen LogP contribution < -0.4 is 10.9 Å². The number of thioether (sulfide) groups is 1. The van der Waals surface area contributed by atoms with Crippen molar-refractivity contribution in [3.63, 3.8) is 0 Å². The second-order valence-corrected chi connectivity index (χ2v) is 7.19. The minimum atomic E-state index is -0.105. The Morgan fingerprint density at radius 1 is 1.38 bits per heavy atom. The van der Waals surface area contributed by atoms with E-state index in [-0.39, 0.29) is 23.3 Å². The molecule has 130 valence electrons. The zero-order valence-corrected chi connectivity index (χ0v) is 15.4. The Balaban J connectivity index is 2.30. The minimum absolute atomic E-state index is 0.0548. The van der Waals surface area contributed by atoms with Crippen LogP contribution >= 0.6 is 11.8 Å². The van der Waals surface area contributed by atoms with E-state index < -0.39 is 0 Å². The van der Waals surface area contributed by atoms with E-state index in [2.05, 4.69) is 15.3 Å². The number of hydrogen-bond acceptors (Lipinski definition) is 5. The molecule has 0 saturated heterocycles. The first-order valence-corrected chi connectivity index (χ1v) is 9.18. The Morgan fingerprint density at radius 2 is 2.12 bits per heavy atom. The van der Waals surface area contributed by atoms with Crippen LogP contribution in [0.5, 0.6) is 0 Å². The molecular formula is C17H24N4O2S. The normalized spacial score (nSPS) is 12.5. The monoisotopic (exact) mass is 348 g/mol. The first-order chi connectivity index (χ1) is 11.4. The van der Waals surface area contributed by atoms with E-state index in [0.29, 0.717) is 28.7 Å². The highest BCUT2D eigenvalue weighted by Crippen LogP contribution is 2.17. The van der Waals surface area contributed by atoms with Crippen LogP contribution in [0.2, 0.25) is 0 Å². The van der Waals surface area contributed by atoms with Gasteiger partial charge in [-0.3, -0.25) is 14.2 Å². The predicted molar refractivity (Wildman–Crippen MR) is 97.3 cm³/mol. The van der Waals surface area contributed by atoms with Gasteiger partial charge in [-0.05, 0) is 31.4 Å². The zero-order valence-electron chi connectivity index (χ0n) is 14.6. The lowest BCUT2D eigenvalue weighted by Gasteiger charge is -2.15. The van der Waals surface area contributed by atoms with E-state index in [1.165, 1.54) is 11.8 Å². The van der Waals surface area contributed by atoms with Crippen molar-refractivity contribution in [3.05, 3.63) is 28.7 Å². The number of nitrogens with one attached hydrogen (secondary N) is 1. The summed E-state index contributed by atoms with van der Waals surface area (Å²) in [4.78, 5) is 33.4. The van der Waals surface area contributed by atoms with Crippen molar-refractivity contribution >= 4 is 28.7 Å². The number of hydrogen-bond donors (Lipinski definition) is 1. The highest BCUT2D eigenvalue weighted by Gasteiger charge is 2.15. The maximum atomic E-state index is 12.7. The summed E-state index contributed by atoms with van der Waals surface area (Å²) < 4.78 is 1.65. The van der Waals surface area contributed by atoms with Crippen LogP contribution in [0.4, 0.5) is 0 Å². The quantitative estimate of drug-likeness (QED) is 0.614. The molecule has 2 aromatic heterocycles. The van der Waals surface area contributed by atoms with E-state index in [4.69, 9.17) is 0 Å². The van der Waals surface area contributed by atoms with Crippen LogP contribution in [0.25, 0.3) is 11.0 Å². The number of pyridine rings is 1. The molecule has 0 radical (unpaired) electrons. The minimum Gasteiger partial charge on any atom is -0.353 e. The first kappa shape index (κ1) is 18.4. The molecule has 6 nitrogen and oxygen atoms in total. The van der Waals surface area contributed by atoms with Crippen LogP contribution in [0.3, 0.4) is 0 Å². The standard InChI is InChI=1S/C17H24N4O2S/c1-5-12(4)19-14(22)10-24-17-20-15-13(7-6-8-18-15)16(23)21(17)9-11(2)3/h6-8,11-12H,5,9-10H2,1-4H3,(H,19,22)/t12-/m1/s1. The summed E-state index contributed by atoms with van der Waals surface area (Å²) in [6.45, 7) is 8.64. The molecule has 0 aliphatic rings. The Hall–Kier alpha value is -1.89. The fraction of sp³-hybridized carbons (Fsp3) is 0.529. The number of carbonyl (C=O) groups excluding carboxylic acids is 1. The van der Waals surface area contributed by atoms with Gasteiger partial charge in [-0.15, -0.1) is 0 Å². The van der Waals surface area contributed by atoms with E-state index in [9.17, 15) is 9.59 Å². The topological polar surface area (TPSA) is 76.9 Å². The second kappa shape index (κ2) is 8.28. The molecule has 2 aromatic rings. The summed E-state index contributed by atoms with van der Waals surface area (Å²) in [5.74, 6) is 0.473. The van der Waals surface area contributed by atoms with Gasteiger partial charge in [0.05, 0.1) is 11.1 Å². The Labute approximate surface area is 146 Å². The maximum Gasteiger partial charge on any atom is 0.263 e. The summed E-state index contributed by atoms with van der Waals surface area (Å²) >= 11 is 1.28. The fourth-order valence-electron chi connectivity index (χ4n) is 2.22. The SMILES string of the molecule is CC[C@@H](C)NC(=O)CSc1nc2ncccc2c(=O)n1CC(C)C. The summed E-state index contributed by atoms with van der Waals surface area (Å²) in [6, 6.07) is 3.61. The lowest BCUT2D eigenvalue weighted by Crippen LogP contribution is -2.33. The Bertz CT molecular complexity index is 773. The molecule has 1 N–H and O–H groups in total. The molecule has 0 aromatic carbocycles. The third-order valence-electron chi connectivity index (χ3n) is 3.59. The molecule has 24 heavy (non-hydrogen) atoms. The van der Waals surface area contributed by atoms with E-state index in [0.717, 1.165) is 6.42 Å². The van der Waals surface area contributed by atoms with E-state index in [1.807, 2.05) is 27.7 Å². The Kier molecular flexibility index (Phi) is 6.36. The molecular weight excluding hydrogens is 324 g/mol. The molecule has 1 atom stereocenters. The number of amides is 1. The van der Waals surface area contributed by atoms with Crippen LogP contribution in [-0.2, 0) is 11.3 Å². The second-order valence-electron chi connectivity index (χ2n) is 6.24. The van der Waals surface area contributed by atoms with Crippen molar-refractivity contribution < 1.29 is 4.79 Å². The molecule has 0 aliphatic carbocycles. The lowest BCUT2D eigenvalue weighted by atomic mass is 10.2. The molecule has 1 amide bonds. The van der Waals surface area contributed by atoms with E-state index in [1.54, 1.807) is 22.9 Å². The van der Waals surface area contributed by atoms with Crippen molar-refractivity contribution in [2.75, 3.05) is 5.75 Å². The van der Waals surface area contributed by atoms with Crippen LogP contribution in [0, 0.1) is 5.92 Å². The molecule has 2 heterocycles. The smallest absolute Gasteiger partial charge is 0.263 e. The summed E-state index contributed by atoms with van der Waals surface area (Å²) in [6.07, 6.45) is 2.50. The van der Waals surface area contributed by atoms with Crippen molar-refractivity contribution in [3.8, 4) is 0 Å². The third kappa shape index (κ3) is 4.56. The largest absolute Gasteiger partial charge is 0.353 e. The van der Waals surface area contributed by atoms with Crippen molar-refractivity contribution in [1.82, 2.24) is 19.9 Å². The average Bonchev–Trinajstić information content (AvgIpc) is 2.55. The zero-order chi connectivity index (χ0) is 17.7. The van der Waals surface area contributed by atoms with Gasteiger partial charge in [-0.2, -0.15) is 0 Å². The van der Waals surface area contributed by atoms with Crippen molar-refractivity contribution in [1.29, 1.82) is 0 Å². The molecule has 0 aliphatic heterocycles. The summed E-state index contributed by atoms with van der Waals surface area (Å²) in [5, 5.41) is 3.97. The number of carbonyl (C=O) groups is 1. The molecule has 2 rings (SSSR count). The molecule has 0 unspecified atom stereocenters. The van der Waals surface area contributed by atoms with Gasteiger partial charge in [0.25, 0.3) is 5.56 Å². The highest BCUT2D eigenvalue weighted by molar-refractivity contribution is 7.99. The Morgan fingerprint density at radius 3 is 2.79 bits per heavy atom. The number of nitrogens with zero attached hydrogens (tertiary/aromatic N) is 3.